The number of nitrogens with zero attached hydrogens (tertiary/aromatic N) is 4. The van der Waals surface area contributed by atoms with Gasteiger partial charge in [0, 0.05) is 33.7 Å². The lowest BCUT2D eigenvalue weighted by molar-refractivity contribution is -0.530. The minimum Gasteiger partial charge on any atom is -0.623 e. The number of alkyl halides is 13. The van der Waals surface area contributed by atoms with Crippen LogP contribution in [0.1, 0.15) is 32.9 Å². The summed E-state index contributed by atoms with van der Waals surface area (Å²) in [5, 5.41) is 18.1. The molecule has 0 aliphatic carbocycles. The molecule has 0 aromatic carbocycles. The molecule has 0 atom stereocenters. The van der Waals surface area contributed by atoms with Gasteiger partial charge in [0.2, 0.25) is 6.21 Å². The lowest BCUT2D eigenvalue weighted by atomic mass is 9.92. The van der Waals surface area contributed by atoms with Crippen LogP contribution >= 0.6 is 0 Å². The second-order valence-electron chi connectivity index (χ2n) is 7.78. The molecule has 1 aromatic heterocycles. The van der Waals surface area contributed by atoms with Gasteiger partial charge < -0.3 is 5.21 Å². The van der Waals surface area contributed by atoms with Crippen molar-refractivity contribution in [3.05, 3.63) is 17.1 Å². The molecule has 0 aliphatic heterocycles. The predicted molar refractivity (Wildman–Crippen MR) is 84.0 cm³/mol. The van der Waals surface area contributed by atoms with Gasteiger partial charge in [-0.05, 0) is 0 Å². The lowest BCUT2D eigenvalue weighted by Gasteiger charge is -2.39. The lowest BCUT2D eigenvalue weighted by Crippen LogP contribution is -2.70. The molecule has 1 heterocycles. The number of hydroxylamine groups is 1. The summed E-state index contributed by atoms with van der Waals surface area (Å²) >= 11 is 0. The molecule has 0 saturated heterocycles. The van der Waals surface area contributed by atoms with Crippen LogP contribution in [0.4, 0.5) is 57.1 Å². The number of hydrogen-bond acceptors (Lipinski definition) is 3. The van der Waals surface area contributed by atoms with Crippen molar-refractivity contribution in [3.8, 4) is 0 Å². The van der Waals surface area contributed by atoms with E-state index in [1.807, 2.05) is 0 Å². The molecule has 0 saturated carbocycles. The van der Waals surface area contributed by atoms with Crippen LogP contribution in [-0.2, 0) is 6.54 Å². The highest BCUT2D eigenvalue weighted by Crippen LogP contribution is 2.60. The van der Waals surface area contributed by atoms with E-state index in [1.54, 1.807) is 0 Å². The topological polar surface area (TPSA) is 56.8 Å². The van der Waals surface area contributed by atoms with E-state index in [9.17, 15) is 62.3 Å². The van der Waals surface area contributed by atoms with E-state index in [2.05, 4.69) is 10.3 Å². The Bertz CT molecular complexity index is 868. The zero-order valence-corrected chi connectivity index (χ0v) is 16.7. The molecule has 0 amide bonds. The fraction of sp³-hybridized carbons (Fsp3) is 0.800. The number of halogens is 13. The van der Waals surface area contributed by atoms with E-state index in [1.165, 1.54) is 20.8 Å². The van der Waals surface area contributed by atoms with Crippen molar-refractivity contribution in [1.29, 1.82) is 0 Å². The Balaban J connectivity index is 3.18. The Morgan fingerprint density at radius 3 is 1.70 bits per heavy atom. The fourth-order valence-electron chi connectivity index (χ4n) is 2.01. The Morgan fingerprint density at radius 1 is 0.818 bits per heavy atom. The monoisotopic (exact) mass is 514 g/mol. The van der Waals surface area contributed by atoms with Gasteiger partial charge in [-0.1, -0.05) is 5.21 Å². The number of hydrogen-bond donors (Lipinski definition) is 0. The summed E-state index contributed by atoms with van der Waals surface area (Å²) in [6.45, 7) is 2.89. The Hall–Kier alpha value is -2.30. The van der Waals surface area contributed by atoms with Crippen molar-refractivity contribution < 1.29 is 61.8 Å². The van der Waals surface area contributed by atoms with E-state index in [4.69, 9.17) is 0 Å². The van der Waals surface area contributed by atoms with Gasteiger partial charge in [-0.25, -0.2) is 4.74 Å². The maximum atomic E-state index is 13.8. The zero-order chi connectivity index (χ0) is 26.5. The largest absolute Gasteiger partial charge is 0.623 e. The molecule has 0 unspecified atom stereocenters. The maximum Gasteiger partial charge on any atom is 0.460 e. The van der Waals surface area contributed by atoms with E-state index < -0.39 is 54.3 Å². The van der Waals surface area contributed by atoms with Crippen LogP contribution in [0.5, 0.6) is 0 Å². The molecule has 0 radical (unpaired) electrons. The molecular weight excluding hydrogens is 499 g/mol. The van der Waals surface area contributed by atoms with Crippen LogP contribution in [0.15, 0.2) is 6.20 Å². The normalized spacial score (nSPS) is 15.8. The smallest absolute Gasteiger partial charge is 0.460 e. The molecule has 0 fully saturated rings. The van der Waals surface area contributed by atoms with Crippen molar-refractivity contribution >= 4 is 6.21 Å². The third kappa shape index (κ3) is 4.97. The highest BCUT2D eigenvalue weighted by Gasteiger charge is 2.90. The minimum atomic E-state index is -7.94. The van der Waals surface area contributed by atoms with Gasteiger partial charge in [0.1, 0.15) is 0 Å². The maximum absolute atomic E-state index is 13.8. The van der Waals surface area contributed by atoms with Crippen LogP contribution in [-0.4, -0.2) is 67.3 Å². The van der Waals surface area contributed by atoms with Crippen molar-refractivity contribution in [2.24, 2.45) is 0 Å². The Labute approximate surface area is 176 Å². The van der Waals surface area contributed by atoms with Crippen LogP contribution in [0.3, 0.4) is 0 Å². The second kappa shape index (κ2) is 8.18. The molecule has 18 heteroatoms. The summed E-state index contributed by atoms with van der Waals surface area (Å²) in [5.41, 5.74) is -1.33. The number of rotatable bonds is 8. The SMILES string of the molecule is CC(C)(C)/[N+]([O-])=C/c1cn(CCC(F)(F)C(F)(F)C(F)(F)C(F)(F)C(F)(F)C(F)(F)F)nn1. The molecule has 0 N–H and O–H groups in total. The molecule has 1 aromatic rings. The average Bonchev–Trinajstić information content (AvgIpc) is 3.05. The fourth-order valence-corrected chi connectivity index (χ4v) is 2.01. The first-order chi connectivity index (χ1) is 14.3. The van der Waals surface area contributed by atoms with E-state index in [-0.39, 0.29) is 5.69 Å². The first-order valence-electron chi connectivity index (χ1n) is 8.50. The van der Waals surface area contributed by atoms with Crippen LogP contribution in [0, 0.1) is 5.21 Å². The van der Waals surface area contributed by atoms with Gasteiger partial charge >= 0.3 is 35.8 Å². The molecule has 0 aliphatic rings. The number of aromatic nitrogens is 3. The van der Waals surface area contributed by atoms with Gasteiger partial charge in [0.05, 0.1) is 6.20 Å². The Morgan fingerprint density at radius 2 is 1.27 bits per heavy atom. The third-order valence-corrected chi connectivity index (χ3v) is 4.12. The van der Waals surface area contributed by atoms with E-state index in [0.717, 1.165) is 6.21 Å². The summed E-state index contributed by atoms with van der Waals surface area (Å²) in [7, 11) is 0. The van der Waals surface area contributed by atoms with Gasteiger partial charge in [0.25, 0.3) is 0 Å². The number of aryl methyl sites for hydroxylation is 1. The molecule has 192 valence electrons. The summed E-state index contributed by atoms with van der Waals surface area (Å²) < 4.78 is 170. The summed E-state index contributed by atoms with van der Waals surface area (Å²) in [6, 6.07) is 0. The standard InChI is InChI=1S/C15H15F13N4O/c1-9(2,3)32(33)7-8-6-31(30-29-8)5-4-10(16,17)11(18,19)12(20,21)13(22,23)14(24,25)15(26,27)28/h6-7H,4-5H2,1-3H3/b32-7-. The van der Waals surface area contributed by atoms with Gasteiger partial charge in [-0.2, -0.15) is 57.1 Å². The van der Waals surface area contributed by atoms with Crippen molar-refractivity contribution in [2.75, 3.05) is 0 Å². The van der Waals surface area contributed by atoms with Crippen molar-refractivity contribution in [1.82, 2.24) is 15.0 Å². The highest BCUT2D eigenvalue weighted by atomic mass is 19.4. The van der Waals surface area contributed by atoms with E-state index in [0.29, 0.717) is 15.6 Å². The van der Waals surface area contributed by atoms with Crippen LogP contribution in [0.2, 0.25) is 0 Å². The van der Waals surface area contributed by atoms with Gasteiger partial charge in [-0.3, -0.25) is 4.68 Å². The molecule has 0 spiro atoms. The van der Waals surface area contributed by atoms with Crippen molar-refractivity contribution in [3.63, 3.8) is 0 Å². The summed E-state index contributed by atoms with van der Waals surface area (Å²) in [4.78, 5) is 0. The average molecular weight is 514 g/mol. The Kier molecular flexibility index (Phi) is 7.12. The van der Waals surface area contributed by atoms with Crippen molar-refractivity contribution in [2.45, 2.75) is 75.1 Å². The molecular formula is C15H15F13N4O. The van der Waals surface area contributed by atoms with Crippen LogP contribution in [0.25, 0.3) is 0 Å². The zero-order valence-electron chi connectivity index (χ0n) is 16.7. The molecule has 1 rings (SSSR count). The first-order valence-corrected chi connectivity index (χ1v) is 8.50. The quantitative estimate of drug-likeness (QED) is 0.159. The molecule has 0 bridgehead atoms. The third-order valence-electron chi connectivity index (χ3n) is 4.12. The van der Waals surface area contributed by atoms with Gasteiger partial charge in [0.15, 0.2) is 11.2 Å². The summed E-state index contributed by atoms with van der Waals surface area (Å²) in [5.74, 6) is -37.1. The predicted octanol–water partition coefficient (Wildman–Crippen LogP) is 5.13. The second-order valence-corrected chi connectivity index (χ2v) is 7.78. The minimum absolute atomic E-state index is 0.299. The molecule has 5 nitrogen and oxygen atoms in total. The van der Waals surface area contributed by atoms with Crippen LogP contribution < -0.4 is 0 Å². The molecule has 33 heavy (non-hydrogen) atoms. The van der Waals surface area contributed by atoms with E-state index >= 15 is 0 Å². The first kappa shape index (κ1) is 28.7. The summed E-state index contributed by atoms with van der Waals surface area (Å²) in [6.07, 6.45) is -8.44. The van der Waals surface area contributed by atoms with Gasteiger partial charge in [-0.15, -0.1) is 5.10 Å². The highest BCUT2D eigenvalue weighted by molar-refractivity contribution is 5.71.